The normalized spacial score (nSPS) is 25.1. The lowest BCUT2D eigenvalue weighted by Crippen LogP contribution is -2.44. The topological polar surface area (TPSA) is 75.6 Å². The lowest BCUT2D eigenvalue weighted by atomic mass is 9.95. The van der Waals surface area contributed by atoms with Gasteiger partial charge in [-0.15, -0.1) is 0 Å². The third-order valence-electron chi connectivity index (χ3n) is 3.04. The molecule has 0 spiro atoms. The van der Waals surface area contributed by atoms with Gasteiger partial charge in [0, 0.05) is 6.04 Å². The second-order valence-corrected chi connectivity index (χ2v) is 5.84. The Morgan fingerprint density at radius 2 is 1.78 bits per heavy atom. The SMILES string of the molecule is CC(C)(C)OC(=O)N[C@H]1CCCCC[C@H]1C(=O)O. The predicted molar refractivity (Wildman–Crippen MR) is 67.4 cm³/mol. The quantitative estimate of drug-likeness (QED) is 0.745. The van der Waals surface area contributed by atoms with E-state index in [-0.39, 0.29) is 6.04 Å². The molecule has 0 aliphatic heterocycles. The molecule has 0 unspecified atom stereocenters. The second-order valence-electron chi connectivity index (χ2n) is 5.84. The summed E-state index contributed by atoms with van der Waals surface area (Å²) in [7, 11) is 0. The third-order valence-corrected chi connectivity index (χ3v) is 3.04. The lowest BCUT2D eigenvalue weighted by Gasteiger charge is -2.25. The molecule has 5 heteroatoms. The van der Waals surface area contributed by atoms with Crippen molar-refractivity contribution in [3.05, 3.63) is 0 Å². The van der Waals surface area contributed by atoms with Crippen LogP contribution in [0.4, 0.5) is 4.79 Å². The minimum Gasteiger partial charge on any atom is -0.481 e. The summed E-state index contributed by atoms with van der Waals surface area (Å²) in [5.41, 5.74) is -0.562. The van der Waals surface area contributed by atoms with E-state index in [0.29, 0.717) is 12.8 Å². The molecule has 0 heterocycles. The molecule has 0 aromatic carbocycles. The molecule has 2 atom stereocenters. The Kier molecular flexibility index (Phi) is 4.99. The second kappa shape index (κ2) is 6.07. The third kappa shape index (κ3) is 4.94. The molecule has 0 bridgehead atoms. The highest BCUT2D eigenvalue weighted by molar-refractivity contribution is 5.73. The standard InChI is InChI=1S/C13H23NO4/c1-13(2,3)18-12(17)14-10-8-6-4-5-7-9(10)11(15)16/h9-10H,4-8H2,1-3H3,(H,14,17)(H,15,16)/t9-,10+/m1/s1. The predicted octanol–water partition coefficient (Wildman–Crippen LogP) is 2.54. The minimum atomic E-state index is -0.835. The van der Waals surface area contributed by atoms with Crippen LogP contribution in [-0.4, -0.2) is 28.8 Å². The van der Waals surface area contributed by atoms with Crippen molar-refractivity contribution in [2.75, 3.05) is 0 Å². The average molecular weight is 257 g/mol. The van der Waals surface area contributed by atoms with Crippen molar-refractivity contribution in [1.29, 1.82) is 0 Å². The van der Waals surface area contributed by atoms with Crippen LogP contribution >= 0.6 is 0 Å². The number of hydrogen-bond donors (Lipinski definition) is 2. The van der Waals surface area contributed by atoms with Crippen molar-refractivity contribution < 1.29 is 19.4 Å². The molecule has 0 aromatic heterocycles. The van der Waals surface area contributed by atoms with Crippen LogP contribution in [0.5, 0.6) is 0 Å². The van der Waals surface area contributed by atoms with E-state index in [0.717, 1.165) is 19.3 Å². The lowest BCUT2D eigenvalue weighted by molar-refractivity contribution is -0.142. The van der Waals surface area contributed by atoms with E-state index in [1.54, 1.807) is 20.8 Å². The van der Waals surface area contributed by atoms with Gasteiger partial charge in [0.2, 0.25) is 0 Å². The maximum absolute atomic E-state index is 11.7. The van der Waals surface area contributed by atoms with Crippen molar-refractivity contribution >= 4 is 12.1 Å². The van der Waals surface area contributed by atoms with E-state index < -0.39 is 23.6 Å². The zero-order valence-electron chi connectivity index (χ0n) is 11.4. The molecule has 0 saturated heterocycles. The molecule has 104 valence electrons. The smallest absolute Gasteiger partial charge is 0.407 e. The highest BCUT2D eigenvalue weighted by Crippen LogP contribution is 2.24. The van der Waals surface area contributed by atoms with Crippen LogP contribution < -0.4 is 5.32 Å². The highest BCUT2D eigenvalue weighted by atomic mass is 16.6. The van der Waals surface area contributed by atoms with Crippen molar-refractivity contribution in [3.63, 3.8) is 0 Å². The van der Waals surface area contributed by atoms with Gasteiger partial charge in [0.25, 0.3) is 0 Å². The zero-order valence-corrected chi connectivity index (χ0v) is 11.4. The number of hydrogen-bond acceptors (Lipinski definition) is 3. The van der Waals surface area contributed by atoms with Crippen LogP contribution in [0.15, 0.2) is 0 Å². The van der Waals surface area contributed by atoms with Gasteiger partial charge in [-0.05, 0) is 33.6 Å². The summed E-state index contributed by atoms with van der Waals surface area (Å²) < 4.78 is 5.17. The first-order valence-corrected chi connectivity index (χ1v) is 6.52. The van der Waals surface area contributed by atoms with Gasteiger partial charge in [-0.2, -0.15) is 0 Å². The van der Waals surface area contributed by atoms with Gasteiger partial charge in [-0.25, -0.2) is 4.79 Å². The van der Waals surface area contributed by atoms with Crippen molar-refractivity contribution in [1.82, 2.24) is 5.32 Å². The molecule has 1 amide bonds. The summed E-state index contributed by atoms with van der Waals surface area (Å²) in [4.78, 5) is 22.9. The summed E-state index contributed by atoms with van der Waals surface area (Å²) in [5.74, 6) is -1.34. The van der Waals surface area contributed by atoms with Crippen molar-refractivity contribution in [2.24, 2.45) is 5.92 Å². The molecule has 1 aliphatic rings. The Morgan fingerprint density at radius 1 is 1.17 bits per heavy atom. The molecule has 2 N–H and O–H groups in total. The van der Waals surface area contributed by atoms with Crippen molar-refractivity contribution in [2.45, 2.75) is 64.5 Å². The molecule has 1 aliphatic carbocycles. The number of carboxylic acids is 1. The minimum absolute atomic E-state index is 0.320. The summed E-state index contributed by atoms with van der Waals surface area (Å²) in [6, 6.07) is -0.320. The van der Waals surface area contributed by atoms with Crippen LogP contribution in [0, 0.1) is 5.92 Å². The zero-order chi connectivity index (χ0) is 13.8. The van der Waals surface area contributed by atoms with Gasteiger partial charge in [0.1, 0.15) is 5.60 Å². The fourth-order valence-corrected chi connectivity index (χ4v) is 2.23. The van der Waals surface area contributed by atoms with E-state index in [2.05, 4.69) is 5.32 Å². The van der Waals surface area contributed by atoms with E-state index in [1.807, 2.05) is 0 Å². The average Bonchev–Trinajstić information content (AvgIpc) is 2.39. The largest absolute Gasteiger partial charge is 0.481 e. The fourth-order valence-electron chi connectivity index (χ4n) is 2.23. The van der Waals surface area contributed by atoms with Gasteiger partial charge >= 0.3 is 12.1 Å². The van der Waals surface area contributed by atoms with E-state index in [1.165, 1.54) is 0 Å². The maximum Gasteiger partial charge on any atom is 0.407 e. The number of carboxylic acid groups (broad SMARTS) is 1. The molecule has 5 nitrogen and oxygen atoms in total. The van der Waals surface area contributed by atoms with Gasteiger partial charge in [0.15, 0.2) is 0 Å². The van der Waals surface area contributed by atoms with Crippen molar-refractivity contribution in [3.8, 4) is 0 Å². The number of nitrogens with one attached hydrogen (secondary N) is 1. The number of aliphatic carboxylic acids is 1. The van der Waals surface area contributed by atoms with E-state index in [9.17, 15) is 14.7 Å². The Hall–Kier alpha value is -1.26. The Bertz CT molecular complexity index is 309. The highest BCUT2D eigenvalue weighted by Gasteiger charge is 2.31. The van der Waals surface area contributed by atoms with E-state index >= 15 is 0 Å². The monoisotopic (exact) mass is 257 g/mol. The molecule has 0 aromatic rings. The van der Waals surface area contributed by atoms with E-state index in [4.69, 9.17) is 4.74 Å². The number of rotatable bonds is 2. The Balaban J connectivity index is 2.60. The van der Waals surface area contributed by atoms with Gasteiger partial charge in [-0.1, -0.05) is 19.3 Å². The number of ether oxygens (including phenoxy) is 1. The number of carbonyl (C=O) groups excluding carboxylic acids is 1. The molecule has 1 rings (SSSR count). The molecular weight excluding hydrogens is 234 g/mol. The first-order chi connectivity index (χ1) is 8.29. The van der Waals surface area contributed by atoms with Crippen LogP contribution in [0.2, 0.25) is 0 Å². The molecule has 0 radical (unpaired) electrons. The maximum atomic E-state index is 11.7. The van der Waals surface area contributed by atoms with Gasteiger partial charge in [-0.3, -0.25) is 4.79 Å². The number of amides is 1. The fraction of sp³-hybridized carbons (Fsp3) is 0.846. The number of carbonyl (C=O) groups is 2. The van der Waals surface area contributed by atoms with Gasteiger partial charge in [0.05, 0.1) is 5.92 Å². The summed E-state index contributed by atoms with van der Waals surface area (Å²) in [6.45, 7) is 5.36. The number of alkyl carbamates (subject to hydrolysis) is 1. The van der Waals surface area contributed by atoms with Crippen LogP contribution in [0.1, 0.15) is 52.9 Å². The first kappa shape index (κ1) is 14.8. The molecule has 1 fully saturated rings. The first-order valence-electron chi connectivity index (χ1n) is 6.52. The molecular formula is C13H23NO4. The Morgan fingerprint density at radius 3 is 2.33 bits per heavy atom. The van der Waals surface area contributed by atoms with Gasteiger partial charge < -0.3 is 15.2 Å². The van der Waals surface area contributed by atoms with Crippen LogP contribution in [0.25, 0.3) is 0 Å². The molecule has 1 saturated carbocycles. The van der Waals surface area contributed by atoms with Crippen LogP contribution in [-0.2, 0) is 9.53 Å². The summed E-state index contributed by atoms with van der Waals surface area (Å²) in [6.07, 6.45) is 3.68. The summed E-state index contributed by atoms with van der Waals surface area (Å²) in [5, 5.41) is 11.9. The Labute approximate surface area is 108 Å². The van der Waals surface area contributed by atoms with Crippen LogP contribution in [0.3, 0.4) is 0 Å². The molecule has 18 heavy (non-hydrogen) atoms. The summed E-state index contributed by atoms with van der Waals surface area (Å²) >= 11 is 0.